The molecular weight excluding hydrogens is 262 g/mol. The molecule has 2 amide bonds. The lowest BCUT2D eigenvalue weighted by Gasteiger charge is -2.21. The van der Waals surface area contributed by atoms with Gasteiger partial charge in [-0.1, -0.05) is 6.92 Å². The minimum atomic E-state index is -0.838. The third-order valence-corrected chi connectivity index (χ3v) is 2.71. The van der Waals surface area contributed by atoms with Crippen molar-refractivity contribution in [2.75, 3.05) is 40.3 Å². The highest BCUT2D eigenvalue weighted by Gasteiger charge is 2.14. The first-order valence-corrected chi connectivity index (χ1v) is 6.77. The minimum absolute atomic E-state index is 0.0435. The molecule has 7 nitrogen and oxygen atoms in total. The molecule has 0 unspecified atom stereocenters. The molecule has 116 valence electrons. The fraction of sp³-hybridized carbons (Fsp3) is 0.769. The molecule has 0 aliphatic heterocycles. The van der Waals surface area contributed by atoms with Crippen molar-refractivity contribution in [2.45, 2.75) is 26.2 Å². The maximum atomic E-state index is 11.8. The molecule has 0 radical (unpaired) electrons. The number of carbonyl (C=O) groups excluding carboxylic acids is 2. The summed E-state index contributed by atoms with van der Waals surface area (Å²) in [7, 11) is 3.34. The lowest BCUT2D eigenvalue weighted by atomic mass is 10.3. The maximum absolute atomic E-state index is 11.8. The van der Waals surface area contributed by atoms with Crippen molar-refractivity contribution >= 4 is 17.8 Å². The molecular formula is C13H25N3O4. The first-order valence-electron chi connectivity index (χ1n) is 6.77. The first-order chi connectivity index (χ1) is 9.36. The summed E-state index contributed by atoms with van der Waals surface area (Å²) in [4.78, 5) is 36.8. The Hall–Kier alpha value is -1.63. The highest BCUT2D eigenvalue weighted by Crippen LogP contribution is 1.95. The second kappa shape index (κ2) is 10.2. The number of hydrogen-bond donors (Lipinski definition) is 2. The largest absolute Gasteiger partial charge is 0.481 e. The molecule has 0 atom stereocenters. The number of nitrogens with one attached hydrogen (secondary N) is 1. The van der Waals surface area contributed by atoms with Gasteiger partial charge in [-0.2, -0.15) is 0 Å². The van der Waals surface area contributed by atoms with Gasteiger partial charge in [-0.25, -0.2) is 0 Å². The average Bonchev–Trinajstić information content (AvgIpc) is 2.35. The Labute approximate surface area is 119 Å². The number of likely N-dealkylation sites (N-methyl/N-ethyl adjacent to an activating group) is 2. The van der Waals surface area contributed by atoms with Crippen LogP contribution >= 0.6 is 0 Å². The summed E-state index contributed by atoms with van der Waals surface area (Å²) < 4.78 is 0. The van der Waals surface area contributed by atoms with Crippen molar-refractivity contribution in [1.82, 2.24) is 15.1 Å². The zero-order chi connectivity index (χ0) is 15.5. The number of carbonyl (C=O) groups is 3. The van der Waals surface area contributed by atoms with E-state index in [0.717, 1.165) is 6.42 Å². The molecule has 0 rings (SSSR count). The van der Waals surface area contributed by atoms with Crippen LogP contribution in [0.2, 0.25) is 0 Å². The van der Waals surface area contributed by atoms with Gasteiger partial charge in [-0.3, -0.25) is 19.3 Å². The third-order valence-electron chi connectivity index (χ3n) is 2.71. The lowest BCUT2D eigenvalue weighted by molar-refractivity contribution is -0.137. The summed E-state index contributed by atoms with van der Waals surface area (Å²) in [6.07, 6.45) is 1.45. The van der Waals surface area contributed by atoms with E-state index < -0.39 is 5.97 Å². The predicted molar refractivity (Wildman–Crippen MR) is 75.3 cm³/mol. The molecule has 20 heavy (non-hydrogen) atoms. The lowest BCUT2D eigenvalue weighted by Crippen LogP contribution is -2.42. The number of hydrogen-bond acceptors (Lipinski definition) is 4. The van der Waals surface area contributed by atoms with E-state index in [9.17, 15) is 14.4 Å². The van der Waals surface area contributed by atoms with Crippen LogP contribution in [0.25, 0.3) is 0 Å². The predicted octanol–water partition coefficient (Wildman–Crippen LogP) is -0.232. The van der Waals surface area contributed by atoms with E-state index in [4.69, 9.17) is 5.11 Å². The molecule has 0 aliphatic rings. The average molecular weight is 287 g/mol. The van der Waals surface area contributed by atoms with Gasteiger partial charge in [0.15, 0.2) is 0 Å². The van der Waals surface area contributed by atoms with Gasteiger partial charge in [0.05, 0.1) is 13.1 Å². The van der Waals surface area contributed by atoms with Gasteiger partial charge < -0.3 is 15.3 Å². The Morgan fingerprint density at radius 1 is 1.15 bits per heavy atom. The molecule has 0 fully saturated rings. The van der Waals surface area contributed by atoms with Crippen LogP contribution in [-0.4, -0.2) is 73.0 Å². The number of amides is 2. The summed E-state index contributed by atoms with van der Waals surface area (Å²) >= 11 is 0. The molecule has 7 heteroatoms. The highest BCUT2D eigenvalue weighted by atomic mass is 16.4. The van der Waals surface area contributed by atoms with Crippen molar-refractivity contribution in [3.8, 4) is 0 Å². The van der Waals surface area contributed by atoms with E-state index in [1.54, 1.807) is 19.0 Å². The number of carboxylic acids is 1. The molecule has 0 heterocycles. The van der Waals surface area contributed by atoms with Gasteiger partial charge in [0.25, 0.3) is 0 Å². The van der Waals surface area contributed by atoms with Crippen LogP contribution in [0.4, 0.5) is 0 Å². The van der Waals surface area contributed by atoms with Gasteiger partial charge in [-0.15, -0.1) is 0 Å². The quantitative estimate of drug-likeness (QED) is 0.579. The Kier molecular flexibility index (Phi) is 9.36. The Morgan fingerprint density at radius 3 is 2.35 bits per heavy atom. The van der Waals surface area contributed by atoms with Crippen LogP contribution in [0, 0.1) is 0 Å². The summed E-state index contributed by atoms with van der Waals surface area (Å²) in [5.74, 6) is -1.17. The second-order valence-corrected chi connectivity index (χ2v) is 4.83. The van der Waals surface area contributed by atoms with Crippen LogP contribution < -0.4 is 5.32 Å². The van der Waals surface area contributed by atoms with Crippen molar-refractivity contribution in [1.29, 1.82) is 0 Å². The monoisotopic (exact) mass is 287 g/mol. The third kappa shape index (κ3) is 9.32. The molecule has 0 aromatic heterocycles. The Morgan fingerprint density at radius 2 is 1.80 bits per heavy atom. The highest BCUT2D eigenvalue weighted by molar-refractivity contribution is 5.85. The van der Waals surface area contributed by atoms with Crippen molar-refractivity contribution < 1.29 is 19.5 Å². The normalized spacial score (nSPS) is 10.4. The number of carboxylic acid groups (broad SMARTS) is 1. The zero-order valence-electron chi connectivity index (χ0n) is 12.5. The molecule has 0 aromatic rings. The zero-order valence-corrected chi connectivity index (χ0v) is 12.5. The van der Waals surface area contributed by atoms with E-state index in [1.165, 1.54) is 4.90 Å². The van der Waals surface area contributed by atoms with Crippen LogP contribution in [0.1, 0.15) is 26.2 Å². The van der Waals surface area contributed by atoms with Gasteiger partial charge in [0, 0.05) is 20.0 Å². The molecule has 0 saturated carbocycles. The van der Waals surface area contributed by atoms with E-state index >= 15 is 0 Å². The summed E-state index contributed by atoms with van der Waals surface area (Å²) in [5, 5.41) is 11.2. The van der Waals surface area contributed by atoms with E-state index in [-0.39, 0.29) is 31.3 Å². The van der Waals surface area contributed by atoms with Crippen LogP contribution in [0.15, 0.2) is 0 Å². The SMILES string of the molecule is CCCNC(=O)CN(C)C(=O)CN(C)CCCC(=O)O. The summed E-state index contributed by atoms with van der Waals surface area (Å²) in [6, 6.07) is 0. The van der Waals surface area contributed by atoms with Gasteiger partial charge in [0.1, 0.15) is 0 Å². The summed E-state index contributed by atoms with van der Waals surface area (Å²) in [5.41, 5.74) is 0. The number of nitrogens with zero attached hydrogens (tertiary/aromatic N) is 2. The Balaban J connectivity index is 3.93. The fourth-order valence-corrected chi connectivity index (χ4v) is 1.55. The molecule has 2 N–H and O–H groups in total. The topological polar surface area (TPSA) is 90.0 Å². The summed E-state index contributed by atoms with van der Waals surface area (Å²) in [6.45, 7) is 3.32. The van der Waals surface area contributed by atoms with Crippen LogP contribution in [0.5, 0.6) is 0 Å². The number of rotatable bonds is 10. The minimum Gasteiger partial charge on any atom is -0.481 e. The second-order valence-electron chi connectivity index (χ2n) is 4.83. The van der Waals surface area contributed by atoms with Crippen molar-refractivity contribution in [3.05, 3.63) is 0 Å². The fourth-order valence-electron chi connectivity index (χ4n) is 1.55. The smallest absolute Gasteiger partial charge is 0.303 e. The van der Waals surface area contributed by atoms with E-state index in [2.05, 4.69) is 5.32 Å². The van der Waals surface area contributed by atoms with E-state index in [0.29, 0.717) is 19.5 Å². The van der Waals surface area contributed by atoms with Crippen LogP contribution in [-0.2, 0) is 14.4 Å². The van der Waals surface area contributed by atoms with Crippen molar-refractivity contribution in [3.63, 3.8) is 0 Å². The van der Waals surface area contributed by atoms with Gasteiger partial charge in [-0.05, 0) is 26.4 Å². The number of aliphatic carboxylic acids is 1. The molecule has 0 bridgehead atoms. The molecule has 0 spiro atoms. The van der Waals surface area contributed by atoms with Gasteiger partial charge in [0.2, 0.25) is 11.8 Å². The Bertz CT molecular complexity index is 334. The van der Waals surface area contributed by atoms with E-state index in [1.807, 2.05) is 6.92 Å². The van der Waals surface area contributed by atoms with Gasteiger partial charge >= 0.3 is 5.97 Å². The first kappa shape index (κ1) is 18.4. The molecule has 0 aliphatic carbocycles. The molecule has 0 aromatic carbocycles. The standard InChI is InChI=1S/C13H25N3O4/c1-4-7-14-11(17)9-16(3)12(18)10-15(2)8-5-6-13(19)20/h4-10H2,1-3H3,(H,14,17)(H,19,20). The maximum Gasteiger partial charge on any atom is 0.303 e. The molecule has 0 saturated heterocycles. The van der Waals surface area contributed by atoms with Crippen LogP contribution in [0.3, 0.4) is 0 Å². The van der Waals surface area contributed by atoms with Crippen molar-refractivity contribution in [2.24, 2.45) is 0 Å².